The topological polar surface area (TPSA) is 102 Å². The molecule has 0 bridgehead atoms. The molecule has 3 aromatic rings. The third kappa shape index (κ3) is 5.61. The van der Waals surface area contributed by atoms with Crippen molar-refractivity contribution in [1.29, 1.82) is 0 Å². The van der Waals surface area contributed by atoms with Gasteiger partial charge in [-0.1, -0.05) is 60.7 Å². The highest BCUT2D eigenvalue weighted by Gasteiger charge is 2.37. The smallest absolute Gasteiger partial charge is 0.407 e. The fourth-order valence-corrected chi connectivity index (χ4v) is 5.33. The molecule has 8 heteroatoms. The number of imide groups is 1. The molecule has 1 aliphatic carbocycles. The molecule has 5 rings (SSSR count). The highest BCUT2D eigenvalue weighted by atomic mass is 16.6. The minimum atomic E-state index is -0.717. The molecule has 1 N–H and O–H groups in total. The van der Waals surface area contributed by atoms with Gasteiger partial charge in [0.05, 0.1) is 17.2 Å². The standard InChI is InChI=1S/C32H32N2O6/c1-32(2,3)40-28(35)17-16-20(18-34-29(36)25-14-8-9-15-26(25)30(34)37)33-31(38)39-19-27-23-12-6-4-10-21(23)22-11-5-7-13-24(22)27/h4-15,20,27H,16-19H2,1-3H3,(H,33,38)/t20-/m0/s1. The van der Waals surface area contributed by atoms with E-state index < -0.39 is 35.5 Å². The van der Waals surface area contributed by atoms with Gasteiger partial charge in [0.2, 0.25) is 0 Å². The Morgan fingerprint density at radius 1 is 0.825 bits per heavy atom. The minimum absolute atomic E-state index is 0.00520. The number of nitrogens with one attached hydrogen (secondary N) is 1. The van der Waals surface area contributed by atoms with Gasteiger partial charge in [0.15, 0.2) is 0 Å². The molecule has 3 amide bonds. The van der Waals surface area contributed by atoms with Crippen LogP contribution in [0.5, 0.6) is 0 Å². The number of rotatable bonds is 8. The summed E-state index contributed by atoms with van der Waals surface area (Å²) in [6.07, 6.45) is -0.533. The van der Waals surface area contributed by atoms with Crippen LogP contribution in [0.3, 0.4) is 0 Å². The molecule has 0 radical (unpaired) electrons. The molecule has 1 heterocycles. The van der Waals surface area contributed by atoms with Gasteiger partial charge in [-0.25, -0.2) is 4.79 Å². The van der Waals surface area contributed by atoms with Crippen molar-refractivity contribution in [2.24, 2.45) is 0 Å². The van der Waals surface area contributed by atoms with E-state index >= 15 is 0 Å². The Hall–Kier alpha value is -4.46. The van der Waals surface area contributed by atoms with Crippen molar-refractivity contribution in [3.05, 3.63) is 95.1 Å². The Bertz CT molecular complexity index is 1390. The Kier molecular flexibility index (Phi) is 7.43. The summed E-state index contributed by atoms with van der Waals surface area (Å²) in [5.41, 5.74) is 4.39. The summed E-state index contributed by atoms with van der Waals surface area (Å²) in [5.74, 6) is -1.42. The lowest BCUT2D eigenvalue weighted by molar-refractivity contribution is -0.155. The van der Waals surface area contributed by atoms with E-state index in [0.717, 1.165) is 27.2 Å². The van der Waals surface area contributed by atoms with Gasteiger partial charge in [-0.3, -0.25) is 19.3 Å². The first-order valence-electron chi connectivity index (χ1n) is 13.4. The average molecular weight is 541 g/mol. The molecule has 206 valence electrons. The van der Waals surface area contributed by atoms with Gasteiger partial charge >= 0.3 is 12.1 Å². The molecule has 0 unspecified atom stereocenters. The van der Waals surface area contributed by atoms with Gasteiger partial charge in [-0.15, -0.1) is 0 Å². The average Bonchev–Trinajstić information content (AvgIpc) is 3.37. The summed E-state index contributed by atoms with van der Waals surface area (Å²) in [7, 11) is 0. The lowest BCUT2D eigenvalue weighted by atomic mass is 9.98. The number of carbonyl (C=O) groups excluding carboxylic acids is 4. The summed E-state index contributed by atoms with van der Waals surface area (Å²) in [6.45, 7) is 5.34. The van der Waals surface area contributed by atoms with Crippen LogP contribution in [0.15, 0.2) is 72.8 Å². The number of hydrogen-bond acceptors (Lipinski definition) is 6. The fraction of sp³-hybridized carbons (Fsp3) is 0.312. The highest BCUT2D eigenvalue weighted by Crippen LogP contribution is 2.44. The summed E-state index contributed by atoms with van der Waals surface area (Å²) in [6, 6.07) is 22.0. The third-order valence-electron chi connectivity index (χ3n) is 7.06. The van der Waals surface area contributed by atoms with E-state index in [1.54, 1.807) is 45.0 Å². The molecule has 0 saturated carbocycles. The van der Waals surface area contributed by atoms with Gasteiger partial charge in [0, 0.05) is 18.9 Å². The maximum atomic E-state index is 13.0. The first-order valence-corrected chi connectivity index (χ1v) is 13.4. The number of nitrogens with zero attached hydrogens (tertiary/aromatic N) is 1. The largest absolute Gasteiger partial charge is 0.460 e. The molecule has 0 saturated heterocycles. The number of benzene rings is 3. The molecule has 1 atom stereocenters. The summed E-state index contributed by atoms with van der Waals surface area (Å²) < 4.78 is 11.1. The van der Waals surface area contributed by atoms with Crippen LogP contribution in [0.25, 0.3) is 11.1 Å². The van der Waals surface area contributed by atoms with E-state index in [-0.39, 0.29) is 31.9 Å². The van der Waals surface area contributed by atoms with E-state index in [0.29, 0.717) is 11.1 Å². The number of alkyl carbamates (subject to hydrolysis) is 1. The SMILES string of the molecule is CC(C)(C)OC(=O)CC[C@@H](CN1C(=O)c2ccccc2C1=O)NC(=O)OCC1c2ccccc2-c2ccccc21. The molecule has 2 aliphatic rings. The van der Waals surface area contributed by atoms with E-state index in [2.05, 4.69) is 17.4 Å². The highest BCUT2D eigenvalue weighted by molar-refractivity contribution is 6.21. The van der Waals surface area contributed by atoms with Gasteiger partial charge < -0.3 is 14.8 Å². The van der Waals surface area contributed by atoms with E-state index in [1.807, 2.05) is 36.4 Å². The number of hydrogen-bond donors (Lipinski definition) is 1. The van der Waals surface area contributed by atoms with Crippen molar-refractivity contribution in [2.45, 2.75) is 51.2 Å². The molecule has 0 spiro atoms. The van der Waals surface area contributed by atoms with Gasteiger partial charge in [0.25, 0.3) is 11.8 Å². The number of amides is 3. The Morgan fingerprint density at radius 3 is 1.85 bits per heavy atom. The van der Waals surface area contributed by atoms with Crippen LogP contribution in [0.2, 0.25) is 0 Å². The monoisotopic (exact) mass is 540 g/mol. The molecule has 40 heavy (non-hydrogen) atoms. The van der Waals surface area contributed by atoms with Crippen LogP contribution in [-0.2, 0) is 14.3 Å². The van der Waals surface area contributed by atoms with Crippen LogP contribution < -0.4 is 5.32 Å². The van der Waals surface area contributed by atoms with Crippen LogP contribution in [0, 0.1) is 0 Å². The Morgan fingerprint density at radius 2 is 1.32 bits per heavy atom. The molecular formula is C32H32N2O6. The molecular weight excluding hydrogens is 508 g/mol. The number of esters is 1. The van der Waals surface area contributed by atoms with Gasteiger partial charge in [-0.2, -0.15) is 0 Å². The molecule has 0 aromatic heterocycles. The van der Waals surface area contributed by atoms with Crippen LogP contribution in [0.4, 0.5) is 4.79 Å². The first kappa shape index (κ1) is 27.1. The van der Waals surface area contributed by atoms with E-state index in [4.69, 9.17) is 9.47 Å². The molecule has 1 aliphatic heterocycles. The number of carbonyl (C=O) groups is 4. The molecule has 0 fully saturated rings. The molecule has 3 aromatic carbocycles. The fourth-order valence-electron chi connectivity index (χ4n) is 5.33. The zero-order valence-corrected chi connectivity index (χ0v) is 22.8. The van der Waals surface area contributed by atoms with E-state index in [9.17, 15) is 19.2 Å². The summed E-state index contributed by atoms with van der Waals surface area (Å²) in [4.78, 5) is 52.5. The van der Waals surface area contributed by atoms with Crippen molar-refractivity contribution in [3.63, 3.8) is 0 Å². The zero-order valence-electron chi connectivity index (χ0n) is 22.8. The second-order valence-corrected chi connectivity index (χ2v) is 11.1. The van der Waals surface area contributed by atoms with Crippen LogP contribution in [0.1, 0.15) is 71.4 Å². The van der Waals surface area contributed by atoms with Crippen molar-refractivity contribution in [1.82, 2.24) is 10.2 Å². The van der Waals surface area contributed by atoms with Crippen molar-refractivity contribution < 1.29 is 28.7 Å². The minimum Gasteiger partial charge on any atom is -0.460 e. The maximum Gasteiger partial charge on any atom is 0.407 e. The Labute approximate surface area is 233 Å². The predicted octanol–water partition coefficient (Wildman–Crippen LogP) is 5.31. The third-order valence-corrected chi connectivity index (χ3v) is 7.06. The number of fused-ring (bicyclic) bond motifs is 4. The second kappa shape index (κ2) is 11.0. The quantitative estimate of drug-likeness (QED) is 0.307. The normalized spacial score (nSPS) is 14.8. The lowest BCUT2D eigenvalue weighted by Crippen LogP contribution is -2.46. The van der Waals surface area contributed by atoms with Crippen molar-refractivity contribution >= 4 is 23.9 Å². The van der Waals surface area contributed by atoms with Gasteiger partial charge in [-0.05, 0) is 61.6 Å². The molecule has 8 nitrogen and oxygen atoms in total. The van der Waals surface area contributed by atoms with Gasteiger partial charge in [0.1, 0.15) is 12.2 Å². The second-order valence-electron chi connectivity index (χ2n) is 11.1. The van der Waals surface area contributed by atoms with Crippen LogP contribution >= 0.6 is 0 Å². The Balaban J connectivity index is 1.28. The van der Waals surface area contributed by atoms with Crippen LogP contribution in [-0.4, -0.2) is 53.6 Å². The first-order chi connectivity index (χ1) is 19.1. The predicted molar refractivity (Wildman–Crippen MR) is 149 cm³/mol. The summed E-state index contributed by atoms with van der Waals surface area (Å²) >= 11 is 0. The summed E-state index contributed by atoms with van der Waals surface area (Å²) in [5, 5.41) is 2.79. The number of ether oxygens (including phenoxy) is 2. The lowest BCUT2D eigenvalue weighted by Gasteiger charge is -2.25. The van der Waals surface area contributed by atoms with Crippen molar-refractivity contribution in [3.8, 4) is 11.1 Å². The van der Waals surface area contributed by atoms with E-state index in [1.165, 1.54) is 0 Å². The zero-order chi connectivity index (χ0) is 28.4. The van der Waals surface area contributed by atoms with Crippen molar-refractivity contribution in [2.75, 3.05) is 13.2 Å². The maximum absolute atomic E-state index is 13.0.